The summed E-state index contributed by atoms with van der Waals surface area (Å²) < 4.78 is 10.4. The summed E-state index contributed by atoms with van der Waals surface area (Å²) in [5, 5.41) is 11.7. The lowest BCUT2D eigenvalue weighted by Gasteiger charge is -2.14. The van der Waals surface area contributed by atoms with Crippen molar-refractivity contribution in [3.63, 3.8) is 0 Å². The molecule has 0 radical (unpaired) electrons. The number of hydrogen-bond donors (Lipinski definition) is 2. The molecule has 0 heterocycles. The molecule has 2 aromatic carbocycles. The fraction of sp³-hybridized carbons (Fsp3) is 0.263. The van der Waals surface area contributed by atoms with E-state index in [0.717, 1.165) is 11.1 Å². The molecule has 2 N–H and O–H groups in total. The van der Waals surface area contributed by atoms with Gasteiger partial charge in [0.1, 0.15) is 25.0 Å². The molecule has 0 aliphatic carbocycles. The highest BCUT2D eigenvalue weighted by atomic mass is 16.5. The summed E-state index contributed by atoms with van der Waals surface area (Å²) in [4.78, 5) is 22.8. The van der Waals surface area contributed by atoms with Crippen molar-refractivity contribution in [1.29, 1.82) is 0 Å². The Morgan fingerprint density at radius 2 is 1.72 bits per heavy atom. The van der Waals surface area contributed by atoms with E-state index in [9.17, 15) is 14.7 Å². The monoisotopic (exact) mass is 343 g/mol. The van der Waals surface area contributed by atoms with Crippen LogP contribution < -0.4 is 10.1 Å². The van der Waals surface area contributed by atoms with Crippen LogP contribution in [-0.4, -0.2) is 36.7 Å². The van der Waals surface area contributed by atoms with Crippen LogP contribution in [0.3, 0.4) is 0 Å². The Morgan fingerprint density at radius 1 is 1.04 bits per heavy atom. The summed E-state index contributed by atoms with van der Waals surface area (Å²) in [6.45, 7) is 0.293. The molecule has 0 saturated heterocycles. The molecule has 0 spiro atoms. The Bertz CT molecular complexity index is 685. The Balaban J connectivity index is 1.91. The normalized spacial score (nSPS) is 11.6. The zero-order valence-electron chi connectivity index (χ0n) is 14.0. The van der Waals surface area contributed by atoms with Gasteiger partial charge in [0.15, 0.2) is 0 Å². The van der Waals surface area contributed by atoms with Crippen LogP contribution in [-0.2, 0) is 27.4 Å². The number of methoxy groups -OCH3 is 1. The highest BCUT2D eigenvalue weighted by Gasteiger charge is 2.20. The number of benzene rings is 2. The minimum atomic E-state index is -1.09. The van der Waals surface area contributed by atoms with Gasteiger partial charge in [-0.3, -0.25) is 4.79 Å². The maximum atomic E-state index is 11.5. The molecule has 1 atom stereocenters. The van der Waals surface area contributed by atoms with Gasteiger partial charge >= 0.3 is 5.97 Å². The second-order valence-corrected chi connectivity index (χ2v) is 5.51. The van der Waals surface area contributed by atoms with Crippen molar-refractivity contribution >= 4 is 11.9 Å². The number of rotatable bonds is 9. The van der Waals surface area contributed by atoms with Crippen molar-refractivity contribution in [3.8, 4) is 5.75 Å². The van der Waals surface area contributed by atoms with Crippen LogP contribution in [0.5, 0.6) is 5.75 Å². The zero-order valence-corrected chi connectivity index (χ0v) is 14.0. The Hall–Kier alpha value is -2.86. The molecule has 0 bridgehead atoms. The van der Waals surface area contributed by atoms with Gasteiger partial charge in [0.25, 0.3) is 0 Å². The largest absolute Gasteiger partial charge is 0.489 e. The van der Waals surface area contributed by atoms with E-state index >= 15 is 0 Å². The van der Waals surface area contributed by atoms with Crippen LogP contribution in [0.15, 0.2) is 54.6 Å². The quantitative estimate of drug-likeness (QED) is 0.728. The van der Waals surface area contributed by atoms with Gasteiger partial charge in [-0.25, -0.2) is 4.79 Å². The molecule has 0 aromatic heterocycles. The molecule has 2 aromatic rings. The Kier molecular flexibility index (Phi) is 6.98. The number of nitrogens with one attached hydrogen (secondary N) is 1. The molecule has 132 valence electrons. The summed E-state index contributed by atoms with van der Waals surface area (Å²) in [6, 6.07) is 16.0. The molecule has 0 aliphatic rings. The molecule has 1 amide bonds. The van der Waals surface area contributed by atoms with Crippen molar-refractivity contribution in [3.05, 3.63) is 65.7 Å². The van der Waals surface area contributed by atoms with Gasteiger partial charge in [-0.2, -0.15) is 0 Å². The standard InChI is InChI=1S/C19H21NO5/c1-24-13-18(21)20-17(19(22)23)11-14-7-9-16(10-8-14)25-12-15-5-3-2-4-6-15/h2-10,17H,11-13H2,1H3,(H,20,21)(H,22,23)/t17-/m1/s1. The maximum Gasteiger partial charge on any atom is 0.326 e. The summed E-state index contributed by atoms with van der Waals surface area (Å²) >= 11 is 0. The first-order chi connectivity index (χ1) is 12.1. The molecule has 0 saturated carbocycles. The topological polar surface area (TPSA) is 84.9 Å². The number of carboxylic acids is 1. The average molecular weight is 343 g/mol. The summed E-state index contributed by atoms with van der Waals surface area (Å²) in [7, 11) is 1.38. The van der Waals surface area contributed by atoms with Crippen LogP contribution in [0, 0.1) is 0 Å². The lowest BCUT2D eigenvalue weighted by Crippen LogP contribution is -2.43. The molecular formula is C19H21NO5. The highest BCUT2D eigenvalue weighted by molar-refractivity contribution is 5.84. The number of carboxylic acid groups (broad SMARTS) is 1. The number of carbonyl (C=O) groups excluding carboxylic acids is 1. The van der Waals surface area contributed by atoms with Crippen LogP contribution in [0.25, 0.3) is 0 Å². The molecule has 2 rings (SSSR count). The van der Waals surface area contributed by atoms with E-state index in [-0.39, 0.29) is 13.0 Å². The smallest absolute Gasteiger partial charge is 0.326 e. The van der Waals surface area contributed by atoms with E-state index in [0.29, 0.717) is 12.4 Å². The lowest BCUT2D eigenvalue weighted by molar-refractivity contribution is -0.142. The van der Waals surface area contributed by atoms with Crippen molar-refractivity contribution in [2.24, 2.45) is 0 Å². The number of hydrogen-bond acceptors (Lipinski definition) is 4. The minimum absolute atomic E-state index is 0.171. The lowest BCUT2D eigenvalue weighted by atomic mass is 10.1. The summed E-state index contributed by atoms with van der Waals surface area (Å²) in [6.07, 6.45) is 0.184. The molecule has 6 heteroatoms. The third-order valence-corrected chi connectivity index (χ3v) is 3.52. The first-order valence-corrected chi connectivity index (χ1v) is 7.85. The van der Waals surface area contributed by atoms with Gasteiger partial charge in [-0.15, -0.1) is 0 Å². The molecular weight excluding hydrogens is 322 g/mol. The molecule has 0 aliphatic heterocycles. The maximum absolute atomic E-state index is 11.5. The highest BCUT2D eigenvalue weighted by Crippen LogP contribution is 2.15. The van der Waals surface area contributed by atoms with E-state index < -0.39 is 17.9 Å². The van der Waals surface area contributed by atoms with E-state index in [1.165, 1.54) is 7.11 Å². The van der Waals surface area contributed by atoms with Crippen LogP contribution in [0.1, 0.15) is 11.1 Å². The predicted molar refractivity (Wildman–Crippen MR) is 92.4 cm³/mol. The van der Waals surface area contributed by atoms with E-state index in [1.807, 2.05) is 30.3 Å². The molecule has 0 unspecified atom stereocenters. The molecule has 6 nitrogen and oxygen atoms in total. The molecule has 25 heavy (non-hydrogen) atoms. The third kappa shape index (κ3) is 6.27. The first-order valence-electron chi connectivity index (χ1n) is 7.85. The number of carbonyl (C=O) groups is 2. The Labute approximate surface area is 146 Å². The van der Waals surface area contributed by atoms with Crippen LogP contribution >= 0.6 is 0 Å². The Morgan fingerprint density at radius 3 is 2.32 bits per heavy atom. The second-order valence-electron chi connectivity index (χ2n) is 5.51. The fourth-order valence-electron chi connectivity index (χ4n) is 2.27. The first kappa shape index (κ1) is 18.5. The average Bonchev–Trinajstić information content (AvgIpc) is 2.61. The summed E-state index contributed by atoms with van der Waals surface area (Å²) in [5.74, 6) is -0.852. The van der Waals surface area contributed by atoms with E-state index in [4.69, 9.17) is 9.47 Å². The van der Waals surface area contributed by atoms with Gasteiger partial charge in [-0.1, -0.05) is 42.5 Å². The van der Waals surface area contributed by atoms with Crippen molar-refractivity contribution in [1.82, 2.24) is 5.32 Å². The van der Waals surface area contributed by atoms with E-state index in [2.05, 4.69) is 5.32 Å². The summed E-state index contributed by atoms with van der Waals surface area (Å²) in [5.41, 5.74) is 1.86. The van der Waals surface area contributed by atoms with Crippen LogP contribution in [0.2, 0.25) is 0 Å². The van der Waals surface area contributed by atoms with Crippen molar-refractivity contribution in [2.75, 3.05) is 13.7 Å². The van der Waals surface area contributed by atoms with Gasteiger partial charge in [-0.05, 0) is 23.3 Å². The van der Waals surface area contributed by atoms with Gasteiger partial charge in [0.05, 0.1) is 0 Å². The fourth-order valence-corrected chi connectivity index (χ4v) is 2.27. The predicted octanol–water partition coefficient (Wildman–Crippen LogP) is 2.02. The van der Waals surface area contributed by atoms with Crippen LogP contribution in [0.4, 0.5) is 0 Å². The number of ether oxygens (including phenoxy) is 2. The second kappa shape index (κ2) is 9.44. The van der Waals surface area contributed by atoms with Gasteiger partial charge in [0.2, 0.25) is 5.91 Å². The van der Waals surface area contributed by atoms with Gasteiger partial charge in [0, 0.05) is 13.5 Å². The minimum Gasteiger partial charge on any atom is -0.489 e. The number of amides is 1. The van der Waals surface area contributed by atoms with Crippen molar-refractivity contribution in [2.45, 2.75) is 19.1 Å². The van der Waals surface area contributed by atoms with Crippen molar-refractivity contribution < 1.29 is 24.2 Å². The third-order valence-electron chi connectivity index (χ3n) is 3.52. The molecule has 0 fully saturated rings. The van der Waals surface area contributed by atoms with Gasteiger partial charge < -0.3 is 19.9 Å². The van der Waals surface area contributed by atoms with E-state index in [1.54, 1.807) is 24.3 Å². The SMILES string of the molecule is COCC(=O)N[C@H](Cc1ccc(OCc2ccccc2)cc1)C(=O)O. The number of aliphatic carboxylic acids is 1. The zero-order chi connectivity index (χ0) is 18.1.